The summed E-state index contributed by atoms with van der Waals surface area (Å²) in [6, 6.07) is 0. The molecule has 0 aromatic heterocycles. The van der Waals surface area contributed by atoms with Crippen LogP contribution in [-0.2, 0) is 14.6 Å². The molecule has 0 radical (unpaired) electrons. The highest BCUT2D eigenvalue weighted by Gasteiger charge is 2.10. The summed E-state index contributed by atoms with van der Waals surface area (Å²) >= 11 is 0. The number of sulfone groups is 1. The van der Waals surface area contributed by atoms with E-state index in [9.17, 15) is 13.2 Å². The van der Waals surface area contributed by atoms with Crippen molar-refractivity contribution < 1.29 is 13.2 Å². The zero-order valence-corrected chi connectivity index (χ0v) is 10.2. The van der Waals surface area contributed by atoms with Gasteiger partial charge in [-0.2, -0.15) is 0 Å². The van der Waals surface area contributed by atoms with Gasteiger partial charge in [0, 0.05) is 18.6 Å². The number of ketones is 1. The largest absolute Gasteiger partial charge is 0.330 e. The van der Waals surface area contributed by atoms with Crippen LogP contribution < -0.4 is 5.73 Å². The Morgan fingerprint density at radius 2 is 1.80 bits per heavy atom. The monoisotopic (exact) mass is 235 g/mol. The number of carbonyl (C=O) groups excluding carboxylic acids is 1. The Morgan fingerprint density at radius 3 is 2.33 bits per heavy atom. The van der Waals surface area contributed by atoms with E-state index in [4.69, 9.17) is 5.73 Å². The minimum Gasteiger partial charge on any atom is -0.330 e. The predicted molar refractivity (Wildman–Crippen MR) is 61.5 cm³/mol. The van der Waals surface area contributed by atoms with Crippen LogP contribution in [0.3, 0.4) is 0 Å². The van der Waals surface area contributed by atoms with Crippen molar-refractivity contribution in [2.75, 3.05) is 18.1 Å². The van der Waals surface area contributed by atoms with E-state index in [0.29, 0.717) is 13.0 Å². The molecule has 15 heavy (non-hydrogen) atoms. The molecule has 4 nitrogen and oxygen atoms in total. The van der Waals surface area contributed by atoms with Crippen LogP contribution in [0.1, 0.15) is 39.0 Å². The zero-order chi connectivity index (χ0) is 11.7. The summed E-state index contributed by atoms with van der Waals surface area (Å²) in [7, 11) is -2.99. The number of hydrogen-bond acceptors (Lipinski definition) is 4. The van der Waals surface area contributed by atoms with E-state index in [0.717, 1.165) is 19.3 Å². The molecule has 0 fully saturated rings. The van der Waals surface area contributed by atoms with Crippen molar-refractivity contribution in [2.45, 2.75) is 39.0 Å². The van der Waals surface area contributed by atoms with E-state index in [-0.39, 0.29) is 23.7 Å². The van der Waals surface area contributed by atoms with Gasteiger partial charge in [0.1, 0.15) is 15.6 Å². The second-order valence-corrected chi connectivity index (χ2v) is 6.10. The average molecular weight is 235 g/mol. The van der Waals surface area contributed by atoms with Gasteiger partial charge in [-0.15, -0.1) is 0 Å². The summed E-state index contributed by atoms with van der Waals surface area (Å²) in [5, 5.41) is 0. The Bertz CT molecular complexity index is 272. The van der Waals surface area contributed by atoms with E-state index < -0.39 is 9.84 Å². The first-order valence-corrected chi connectivity index (χ1v) is 7.26. The van der Waals surface area contributed by atoms with E-state index in [1.54, 1.807) is 6.92 Å². The van der Waals surface area contributed by atoms with Crippen LogP contribution in [0.15, 0.2) is 0 Å². The molecule has 0 aromatic carbocycles. The summed E-state index contributed by atoms with van der Waals surface area (Å²) in [6.07, 6.45) is 3.35. The van der Waals surface area contributed by atoms with E-state index in [1.165, 1.54) is 0 Å². The molecular weight excluding hydrogens is 214 g/mol. The first-order valence-electron chi connectivity index (χ1n) is 5.44. The van der Waals surface area contributed by atoms with Crippen LogP contribution in [0, 0.1) is 0 Å². The lowest BCUT2D eigenvalue weighted by Crippen LogP contribution is -2.12. The lowest BCUT2D eigenvalue weighted by molar-refractivity contribution is -0.118. The number of rotatable bonds is 9. The van der Waals surface area contributed by atoms with Crippen molar-refractivity contribution in [2.24, 2.45) is 5.73 Å². The predicted octanol–water partition coefficient (Wildman–Crippen LogP) is 0.899. The normalized spacial score (nSPS) is 11.6. The quantitative estimate of drug-likeness (QED) is 0.602. The molecule has 0 heterocycles. The summed E-state index contributed by atoms with van der Waals surface area (Å²) < 4.78 is 22.2. The van der Waals surface area contributed by atoms with E-state index in [1.807, 2.05) is 0 Å². The molecule has 0 spiro atoms. The maximum atomic E-state index is 11.3. The topological polar surface area (TPSA) is 77.2 Å². The molecule has 0 rings (SSSR count). The molecule has 0 atom stereocenters. The van der Waals surface area contributed by atoms with Crippen LogP contribution in [0.5, 0.6) is 0 Å². The second kappa shape index (κ2) is 7.82. The third kappa shape index (κ3) is 8.57. The summed E-state index contributed by atoms with van der Waals surface area (Å²) in [6.45, 7) is 2.25. The molecule has 2 N–H and O–H groups in total. The molecule has 90 valence electrons. The summed E-state index contributed by atoms with van der Waals surface area (Å²) in [4.78, 5) is 11.3. The fourth-order valence-electron chi connectivity index (χ4n) is 1.18. The minimum absolute atomic E-state index is 0.000772. The number of unbranched alkanes of at least 4 members (excludes halogenated alkanes) is 2. The molecule has 0 unspecified atom stereocenters. The van der Waals surface area contributed by atoms with Crippen molar-refractivity contribution in [3.63, 3.8) is 0 Å². The van der Waals surface area contributed by atoms with Crippen molar-refractivity contribution >= 4 is 15.6 Å². The minimum atomic E-state index is -2.99. The SMILES string of the molecule is CCS(=O)(=O)CCC(=O)CCCCCN. The maximum absolute atomic E-state index is 11.3. The van der Waals surface area contributed by atoms with Crippen LogP contribution in [-0.4, -0.2) is 32.3 Å². The van der Waals surface area contributed by atoms with E-state index in [2.05, 4.69) is 0 Å². The highest BCUT2D eigenvalue weighted by atomic mass is 32.2. The highest BCUT2D eigenvalue weighted by Crippen LogP contribution is 2.03. The van der Waals surface area contributed by atoms with Gasteiger partial charge in [0.15, 0.2) is 0 Å². The summed E-state index contributed by atoms with van der Waals surface area (Å²) in [5.74, 6) is 0.163. The molecule has 5 heteroatoms. The van der Waals surface area contributed by atoms with Gasteiger partial charge < -0.3 is 5.73 Å². The van der Waals surface area contributed by atoms with Gasteiger partial charge in [0.2, 0.25) is 0 Å². The third-order valence-corrected chi connectivity index (χ3v) is 4.00. The number of nitrogens with two attached hydrogens (primary N) is 1. The Morgan fingerprint density at radius 1 is 1.13 bits per heavy atom. The fraction of sp³-hybridized carbons (Fsp3) is 0.900. The second-order valence-electron chi connectivity index (χ2n) is 3.62. The number of hydrogen-bond donors (Lipinski definition) is 1. The number of carbonyl (C=O) groups is 1. The van der Waals surface area contributed by atoms with Gasteiger partial charge >= 0.3 is 0 Å². The van der Waals surface area contributed by atoms with Crippen LogP contribution >= 0.6 is 0 Å². The Balaban J connectivity index is 3.58. The molecule has 0 saturated heterocycles. The van der Waals surface area contributed by atoms with Gasteiger partial charge in [-0.3, -0.25) is 4.79 Å². The van der Waals surface area contributed by atoms with Gasteiger partial charge in [-0.1, -0.05) is 13.3 Å². The molecule has 0 aliphatic rings. The average Bonchev–Trinajstić information content (AvgIpc) is 2.22. The Labute approximate surface area is 92.2 Å². The van der Waals surface area contributed by atoms with Crippen molar-refractivity contribution in [3.8, 4) is 0 Å². The third-order valence-electron chi connectivity index (χ3n) is 2.29. The molecule has 0 aliphatic carbocycles. The van der Waals surface area contributed by atoms with E-state index >= 15 is 0 Å². The lowest BCUT2D eigenvalue weighted by atomic mass is 10.1. The van der Waals surface area contributed by atoms with Crippen LogP contribution in [0.4, 0.5) is 0 Å². The van der Waals surface area contributed by atoms with Gasteiger partial charge in [-0.25, -0.2) is 8.42 Å². The van der Waals surface area contributed by atoms with Crippen molar-refractivity contribution in [1.82, 2.24) is 0 Å². The fourth-order valence-corrected chi connectivity index (χ4v) is 2.01. The number of Topliss-reactive ketones (excluding diaryl/α,β-unsaturated/α-hetero) is 1. The molecule has 0 amide bonds. The van der Waals surface area contributed by atoms with Crippen LogP contribution in [0.25, 0.3) is 0 Å². The smallest absolute Gasteiger partial charge is 0.150 e. The van der Waals surface area contributed by atoms with Gasteiger partial charge in [0.25, 0.3) is 0 Å². The van der Waals surface area contributed by atoms with Gasteiger partial charge in [0.05, 0.1) is 5.75 Å². The zero-order valence-electron chi connectivity index (χ0n) is 9.37. The maximum Gasteiger partial charge on any atom is 0.150 e. The Hall–Kier alpha value is -0.420. The molecule has 0 aromatic rings. The molecular formula is C10H21NO3S. The molecule has 0 aliphatic heterocycles. The van der Waals surface area contributed by atoms with Crippen LogP contribution in [0.2, 0.25) is 0 Å². The molecule has 0 bridgehead atoms. The lowest BCUT2D eigenvalue weighted by Gasteiger charge is -2.01. The van der Waals surface area contributed by atoms with Crippen molar-refractivity contribution in [1.29, 1.82) is 0 Å². The standard InChI is InChI=1S/C10H21NO3S/c1-2-15(13,14)9-7-10(12)6-4-3-5-8-11/h2-9,11H2,1H3. The first kappa shape index (κ1) is 14.6. The van der Waals surface area contributed by atoms with Gasteiger partial charge in [-0.05, 0) is 19.4 Å². The first-order chi connectivity index (χ1) is 7.02. The summed E-state index contributed by atoms with van der Waals surface area (Å²) in [5.41, 5.74) is 5.31. The highest BCUT2D eigenvalue weighted by molar-refractivity contribution is 7.91. The van der Waals surface area contributed by atoms with Crippen molar-refractivity contribution in [3.05, 3.63) is 0 Å². The molecule has 0 saturated carbocycles. The Kier molecular flexibility index (Phi) is 7.60.